The molecule has 0 unspecified atom stereocenters. The van der Waals surface area contributed by atoms with E-state index in [9.17, 15) is 13.2 Å². The van der Waals surface area contributed by atoms with E-state index in [0.717, 1.165) is 49.3 Å². The van der Waals surface area contributed by atoms with Gasteiger partial charge in [-0.05, 0) is 25.0 Å². The Labute approximate surface area is 151 Å². The smallest absolute Gasteiger partial charge is 0.267 e. The molecule has 1 aliphatic rings. The summed E-state index contributed by atoms with van der Waals surface area (Å²) in [5.74, 6) is -0.00990. The molecule has 8 heteroatoms. The van der Waals surface area contributed by atoms with Crippen molar-refractivity contribution in [1.82, 2.24) is 9.88 Å². The number of aryl methyl sites for hydroxylation is 1. The van der Waals surface area contributed by atoms with Gasteiger partial charge in [-0.3, -0.25) is 8.98 Å². The van der Waals surface area contributed by atoms with Crippen molar-refractivity contribution >= 4 is 27.4 Å². The van der Waals surface area contributed by atoms with E-state index in [0.29, 0.717) is 12.0 Å². The second kappa shape index (κ2) is 7.63. The Morgan fingerprint density at radius 1 is 1.24 bits per heavy atom. The first-order valence-corrected chi connectivity index (χ1v) is 10.6. The van der Waals surface area contributed by atoms with Gasteiger partial charge in [0.05, 0.1) is 18.6 Å². The van der Waals surface area contributed by atoms with Crippen molar-refractivity contribution < 1.29 is 17.4 Å². The van der Waals surface area contributed by atoms with Crippen LogP contribution >= 0.6 is 11.3 Å². The Morgan fingerprint density at radius 3 is 2.56 bits per heavy atom. The molecule has 0 bridgehead atoms. The lowest BCUT2D eigenvalue weighted by Crippen LogP contribution is -2.27. The Balaban J connectivity index is 1.67. The summed E-state index contributed by atoms with van der Waals surface area (Å²) in [6, 6.07) is 7.43. The molecule has 1 aliphatic heterocycles. The van der Waals surface area contributed by atoms with Crippen molar-refractivity contribution in [3.8, 4) is 10.6 Å². The Morgan fingerprint density at radius 2 is 1.92 bits per heavy atom. The molecule has 2 aromatic rings. The third-order valence-electron chi connectivity index (χ3n) is 4.19. The first kappa shape index (κ1) is 18.0. The first-order valence-electron chi connectivity index (χ1n) is 8.11. The van der Waals surface area contributed by atoms with Crippen molar-refractivity contribution in [3.63, 3.8) is 0 Å². The largest absolute Gasteiger partial charge is 0.339 e. The molecule has 1 saturated heterocycles. The predicted molar refractivity (Wildman–Crippen MR) is 97.2 cm³/mol. The number of hydrogen-bond acceptors (Lipinski definition) is 6. The molecule has 2 heterocycles. The summed E-state index contributed by atoms with van der Waals surface area (Å²) >= 11 is 1.46. The van der Waals surface area contributed by atoms with E-state index in [1.165, 1.54) is 11.3 Å². The summed E-state index contributed by atoms with van der Waals surface area (Å²) in [4.78, 5) is 18.7. The van der Waals surface area contributed by atoms with E-state index in [4.69, 9.17) is 0 Å². The molecule has 0 radical (unpaired) electrons. The maximum atomic E-state index is 12.4. The van der Waals surface area contributed by atoms with E-state index < -0.39 is 10.1 Å². The third kappa shape index (κ3) is 4.45. The zero-order valence-electron chi connectivity index (χ0n) is 14.0. The van der Waals surface area contributed by atoms with Crippen LogP contribution in [0.5, 0.6) is 0 Å². The first-order chi connectivity index (χ1) is 12.0. The monoisotopic (exact) mass is 380 g/mol. The van der Waals surface area contributed by atoms with Crippen LogP contribution in [-0.2, 0) is 20.7 Å². The average Bonchev–Trinajstić information content (AvgIpc) is 3.31. The molecular weight excluding hydrogens is 360 g/mol. The summed E-state index contributed by atoms with van der Waals surface area (Å²) in [6.45, 7) is 1.67. The normalized spacial score (nSPS) is 14.8. The van der Waals surface area contributed by atoms with Gasteiger partial charge in [-0.2, -0.15) is 8.42 Å². The van der Waals surface area contributed by atoms with Crippen LogP contribution in [0.4, 0.5) is 0 Å². The summed E-state index contributed by atoms with van der Waals surface area (Å²) in [7, 11) is -2.31. The number of carbonyl (C=O) groups excluding carboxylic acids is 1. The SMILES string of the molecule is COS(=O)(=O)CCc1csc(-c2ccc(C(=O)N3CCCC3)cc2)n1. The Kier molecular flexibility index (Phi) is 5.51. The van der Waals surface area contributed by atoms with Gasteiger partial charge in [-0.15, -0.1) is 11.3 Å². The highest BCUT2D eigenvalue weighted by molar-refractivity contribution is 7.86. The highest BCUT2D eigenvalue weighted by Crippen LogP contribution is 2.25. The molecule has 0 saturated carbocycles. The zero-order valence-corrected chi connectivity index (χ0v) is 15.6. The van der Waals surface area contributed by atoms with Gasteiger partial charge >= 0.3 is 0 Å². The number of carbonyl (C=O) groups is 1. The highest BCUT2D eigenvalue weighted by atomic mass is 32.2. The van der Waals surface area contributed by atoms with E-state index in [-0.39, 0.29) is 11.7 Å². The predicted octanol–water partition coefficient (Wildman–Crippen LogP) is 2.56. The van der Waals surface area contributed by atoms with Crippen molar-refractivity contribution in [2.75, 3.05) is 26.0 Å². The van der Waals surface area contributed by atoms with Crippen LogP contribution in [0.2, 0.25) is 0 Å². The van der Waals surface area contributed by atoms with Gasteiger partial charge in [0.25, 0.3) is 16.0 Å². The molecule has 6 nitrogen and oxygen atoms in total. The molecule has 0 atom stereocenters. The van der Waals surface area contributed by atoms with Crippen LogP contribution in [0, 0.1) is 0 Å². The number of amides is 1. The Hall–Kier alpha value is -1.77. The lowest BCUT2D eigenvalue weighted by Gasteiger charge is -2.15. The molecule has 1 amide bonds. The number of nitrogens with zero attached hydrogens (tertiary/aromatic N) is 2. The van der Waals surface area contributed by atoms with Crippen LogP contribution in [-0.4, -0.2) is 50.2 Å². The van der Waals surface area contributed by atoms with Crippen LogP contribution < -0.4 is 0 Å². The maximum absolute atomic E-state index is 12.4. The van der Waals surface area contributed by atoms with E-state index in [1.807, 2.05) is 34.5 Å². The Bertz CT molecular complexity index is 838. The lowest BCUT2D eigenvalue weighted by atomic mass is 10.1. The van der Waals surface area contributed by atoms with Gasteiger partial charge in [0.2, 0.25) is 0 Å². The summed E-state index contributed by atoms with van der Waals surface area (Å²) < 4.78 is 27.2. The molecule has 1 aromatic carbocycles. The number of thiazole rings is 1. The highest BCUT2D eigenvalue weighted by Gasteiger charge is 2.19. The maximum Gasteiger partial charge on any atom is 0.267 e. The van der Waals surface area contributed by atoms with Gasteiger partial charge in [0.1, 0.15) is 5.01 Å². The van der Waals surface area contributed by atoms with Crippen LogP contribution in [0.3, 0.4) is 0 Å². The van der Waals surface area contributed by atoms with Gasteiger partial charge in [-0.1, -0.05) is 12.1 Å². The average molecular weight is 380 g/mol. The molecule has 0 spiro atoms. The number of likely N-dealkylation sites (tertiary alicyclic amines) is 1. The minimum absolute atomic E-state index is 0.0775. The zero-order chi connectivity index (χ0) is 17.9. The van der Waals surface area contributed by atoms with E-state index >= 15 is 0 Å². The van der Waals surface area contributed by atoms with Gasteiger partial charge < -0.3 is 4.90 Å². The van der Waals surface area contributed by atoms with Crippen molar-refractivity contribution in [2.45, 2.75) is 19.3 Å². The molecule has 0 aliphatic carbocycles. The number of aromatic nitrogens is 1. The molecule has 0 N–H and O–H groups in total. The van der Waals surface area contributed by atoms with Crippen molar-refractivity contribution in [1.29, 1.82) is 0 Å². The van der Waals surface area contributed by atoms with Crippen LogP contribution in [0.15, 0.2) is 29.6 Å². The molecular formula is C17H20N2O4S2. The van der Waals surface area contributed by atoms with Crippen LogP contribution in [0.1, 0.15) is 28.9 Å². The number of benzene rings is 1. The fourth-order valence-corrected chi connectivity index (χ4v) is 4.21. The minimum atomic E-state index is -3.47. The van der Waals surface area contributed by atoms with E-state index in [2.05, 4.69) is 9.17 Å². The van der Waals surface area contributed by atoms with Crippen molar-refractivity contribution in [2.24, 2.45) is 0 Å². The minimum Gasteiger partial charge on any atom is -0.339 e. The fraction of sp³-hybridized carbons (Fsp3) is 0.412. The topological polar surface area (TPSA) is 76.6 Å². The summed E-state index contributed by atoms with van der Waals surface area (Å²) in [5, 5.41) is 2.66. The second-order valence-electron chi connectivity index (χ2n) is 5.90. The molecule has 134 valence electrons. The quantitative estimate of drug-likeness (QED) is 0.720. The summed E-state index contributed by atoms with van der Waals surface area (Å²) in [5.41, 5.74) is 2.33. The standard InChI is InChI=1S/C17H20N2O4S2/c1-23-25(21,22)11-8-15-12-24-16(18-15)13-4-6-14(7-5-13)17(20)19-9-2-3-10-19/h4-7,12H,2-3,8-11H2,1H3. The third-order valence-corrected chi connectivity index (χ3v) is 6.34. The van der Waals surface area contributed by atoms with Gasteiger partial charge in [0.15, 0.2) is 0 Å². The number of hydrogen-bond donors (Lipinski definition) is 0. The van der Waals surface area contributed by atoms with E-state index in [1.54, 1.807) is 0 Å². The van der Waals surface area contributed by atoms with Gasteiger partial charge in [0, 0.05) is 36.0 Å². The lowest BCUT2D eigenvalue weighted by molar-refractivity contribution is 0.0793. The fourth-order valence-electron chi connectivity index (χ4n) is 2.73. The molecule has 3 rings (SSSR count). The molecule has 1 fully saturated rings. The molecule has 1 aromatic heterocycles. The summed E-state index contributed by atoms with van der Waals surface area (Å²) in [6.07, 6.45) is 2.47. The molecule has 25 heavy (non-hydrogen) atoms. The van der Waals surface area contributed by atoms with Crippen LogP contribution in [0.25, 0.3) is 10.6 Å². The van der Waals surface area contributed by atoms with Gasteiger partial charge in [-0.25, -0.2) is 4.98 Å². The van der Waals surface area contributed by atoms with Crippen molar-refractivity contribution in [3.05, 3.63) is 40.9 Å². The number of rotatable bonds is 6. The second-order valence-corrected chi connectivity index (χ2v) is 8.61.